The van der Waals surface area contributed by atoms with E-state index < -0.39 is 0 Å². The molecule has 104 valence electrons. The molecule has 0 radical (unpaired) electrons. The molecule has 0 saturated heterocycles. The van der Waals surface area contributed by atoms with Crippen molar-refractivity contribution in [2.75, 3.05) is 0 Å². The van der Waals surface area contributed by atoms with Crippen LogP contribution in [0, 0.1) is 13.8 Å². The summed E-state index contributed by atoms with van der Waals surface area (Å²) in [5, 5.41) is 2.85. The molecule has 20 heavy (non-hydrogen) atoms. The van der Waals surface area contributed by atoms with Gasteiger partial charge in [0.2, 0.25) is 0 Å². The van der Waals surface area contributed by atoms with Crippen LogP contribution in [-0.4, -0.2) is 16.7 Å². The Bertz CT molecular complexity index is 656. The number of aryl methyl sites for hydroxylation is 2. The van der Waals surface area contributed by atoms with Gasteiger partial charge in [0.1, 0.15) is 5.69 Å². The summed E-state index contributed by atoms with van der Waals surface area (Å²) >= 11 is 0. The lowest BCUT2D eigenvalue weighted by Crippen LogP contribution is -2.23. The Labute approximate surface area is 118 Å². The van der Waals surface area contributed by atoms with Crippen molar-refractivity contribution in [3.05, 3.63) is 58.4 Å². The normalized spacial score (nSPS) is 10.3. The predicted octanol–water partition coefficient (Wildman–Crippen LogP) is 2.76. The summed E-state index contributed by atoms with van der Waals surface area (Å²) in [6, 6.07) is 7.70. The summed E-state index contributed by atoms with van der Waals surface area (Å²) in [4.78, 5) is 26.0. The Morgan fingerprint density at radius 3 is 2.55 bits per heavy atom. The molecule has 2 aromatic rings. The number of H-pyrrole nitrogens is 1. The molecule has 0 unspecified atom stereocenters. The first-order valence-corrected chi connectivity index (χ1v) is 6.51. The fourth-order valence-corrected chi connectivity index (χ4v) is 2.04. The van der Waals surface area contributed by atoms with Gasteiger partial charge in [0, 0.05) is 18.3 Å². The maximum atomic E-state index is 12.0. The second kappa shape index (κ2) is 5.74. The molecule has 1 aromatic carbocycles. The number of carbonyl (C=O) groups is 2. The van der Waals surface area contributed by atoms with Gasteiger partial charge in [-0.3, -0.25) is 9.59 Å². The van der Waals surface area contributed by atoms with Crippen molar-refractivity contribution < 1.29 is 9.59 Å². The summed E-state index contributed by atoms with van der Waals surface area (Å²) in [6.45, 7) is 6.01. The fourth-order valence-electron chi connectivity index (χ4n) is 2.04. The van der Waals surface area contributed by atoms with Gasteiger partial charge in [-0.2, -0.15) is 0 Å². The number of carbonyl (C=O) groups excluding carboxylic acids is 2. The van der Waals surface area contributed by atoms with Gasteiger partial charge >= 0.3 is 0 Å². The van der Waals surface area contributed by atoms with Gasteiger partial charge in [-0.25, -0.2) is 0 Å². The molecule has 4 heteroatoms. The number of benzene rings is 1. The van der Waals surface area contributed by atoms with E-state index in [0.717, 1.165) is 11.1 Å². The van der Waals surface area contributed by atoms with E-state index in [0.29, 0.717) is 17.8 Å². The Morgan fingerprint density at radius 2 is 1.95 bits per heavy atom. The first kappa shape index (κ1) is 14.1. The van der Waals surface area contributed by atoms with Gasteiger partial charge < -0.3 is 10.3 Å². The lowest BCUT2D eigenvalue weighted by molar-refractivity contribution is 0.0946. The second-order valence-electron chi connectivity index (χ2n) is 4.97. The second-order valence-corrected chi connectivity index (χ2v) is 4.97. The van der Waals surface area contributed by atoms with Gasteiger partial charge in [-0.1, -0.05) is 23.8 Å². The van der Waals surface area contributed by atoms with Gasteiger partial charge in [-0.15, -0.1) is 0 Å². The Balaban J connectivity index is 2.02. The molecule has 0 spiro atoms. The van der Waals surface area contributed by atoms with E-state index >= 15 is 0 Å². The van der Waals surface area contributed by atoms with Gasteiger partial charge in [0.25, 0.3) is 5.91 Å². The van der Waals surface area contributed by atoms with Crippen LogP contribution in [0.2, 0.25) is 0 Å². The maximum Gasteiger partial charge on any atom is 0.267 e. The minimum atomic E-state index is -0.211. The van der Waals surface area contributed by atoms with Crippen LogP contribution in [0.4, 0.5) is 0 Å². The maximum absolute atomic E-state index is 12.0. The number of Topliss-reactive ketones (excluding diaryl/α,β-unsaturated/α-hetero) is 1. The standard InChI is InChI=1S/C16H18N2O2/c1-10-4-5-13(11(2)6-10)8-18-16(20)15-7-14(9-17-15)12(3)19/h4-7,9,17H,8H2,1-3H3,(H,18,20). The zero-order valence-corrected chi connectivity index (χ0v) is 11.9. The Hall–Kier alpha value is -2.36. The van der Waals surface area contributed by atoms with Crippen molar-refractivity contribution in [3.63, 3.8) is 0 Å². The average Bonchev–Trinajstić information content (AvgIpc) is 2.87. The van der Waals surface area contributed by atoms with Gasteiger partial charge in [-0.05, 0) is 38.0 Å². The van der Waals surface area contributed by atoms with E-state index in [1.54, 1.807) is 12.3 Å². The van der Waals surface area contributed by atoms with Crippen molar-refractivity contribution >= 4 is 11.7 Å². The lowest BCUT2D eigenvalue weighted by atomic mass is 10.1. The minimum absolute atomic E-state index is 0.0605. The van der Waals surface area contributed by atoms with Crippen LogP contribution in [0.15, 0.2) is 30.5 Å². The highest BCUT2D eigenvalue weighted by Gasteiger charge is 2.10. The summed E-state index contributed by atoms with van der Waals surface area (Å²) < 4.78 is 0. The van der Waals surface area contributed by atoms with Crippen LogP contribution in [0.1, 0.15) is 44.5 Å². The van der Waals surface area contributed by atoms with E-state index in [-0.39, 0.29) is 11.7 Å². The number of aromatic amines is 1. The zero-order chi connectivity index (χ0) is 14.7. The zero-order valence-electron chi connectivity index (χ0n) is 11.9. The SMILES string of the molecule is CC(=O)c1c[nH]c(C(=O)NCc2ccc(C)cc2C)c1. The fraction of sp³-hybridized carbons (Fsp3) is 0.250. The average molecular weight is 270 g/mol. The minimum Gasteiger partial charge on any atom is -0.356 e. The van der Waals surface area contributed by atoms with E-state index in [9.17, 15) is 9.59 Å². The van der Waals surface area contributed by atoms with Crippen LogP contribution >= 0.6 is 0 Å². The Kier molecular flexibility index (Phi) is 4.03. The molecule has 1 heterocycles. The number of ketones is 1. The molecular formula is C16H18N2O2. The first-order valence-electron chi connectivity index (χ1n) is 6.51. The quantitative estimate of drug-likeness (QED) is 0.839. The molecule has 0 fully saturated rings. The molecule has 2 N–H and O–H groups in total. The summed E-state index contributed by atoms with van der Waals surface area (Å²) in [6.07, 6.45) is 1.55. The van der Waals surface area contributed by atoms with Crippen molar-refractivity contribution in [2.24, 2.45) is 0 Å². The van der Waals surface area contributed by atoms with E-state index in [1.165, 1.54) is 12.5 Å². The molecule has 1 amide bonds. The number of hydrogen-bond acceptors (Lipinski definition) is 2. The van der Waals surface area contributed by atoms with Crippen LogP contribution in [0.3, 0.4) is 0 Å². The molecular weight excluding hydrogens is 252 g/mol. The lowest BCUT2D eigenvalue weighted by Gasteiger charge is -2.08. The first-order chi connectivity index (χ1) is 9.47. The van der Waals surface area contributed by atoms with E-state index in [4.69, 9.17) is 0 Å². The number of amides is 1. The molecule has 4 nitrogen and oxygen atoms in total. The molecule has 0 bridgehead atoms. The smallest absolute Gasteiger partial charge is 0.267 e. The largest absolute Gasteiger partial charge is 0.356 e. The van der Waals surface area contributed by atoms with Crippen LogP contribution in [-0.2, 0) is 6.54 Å². The molecule has 1 aromatic heterocycles. The highest BCUT2D eigenvalue weighted by atomic mass is 16.2. The molecule has 0 saturated carbocycles. The van der Waals surface area contributed by atoms with Crippen molar-refractivity contribution in [1.82, 2.24) is 10.3 Å². The molecule has 0 aliphatic rings. The van der Waals surface area contributed by atoms with Crippen molar-refractivity contribution in [3.8, 4) is 0 Å². The Morgan fingerprint density at radius 1 is 1.20 bits per heavy atom. The van der Waals surface area contributed by atoms with Crippen LogP contribution < -0.4 is 5.32 Å². The van der Waals surface area contributed by atoms with E-state index in [2.05, 4.69) is 16.4 Å². The van der Waals surface area contributed by atoms with Crippen LogP contribution in [0.5, 0.6) is 0 Å². The number of aromatic nitrogens is 1. The summed E-state index contributed by atoms with van der Waals surface area (Å²) in [5.74, 6) is -0.271. The van der Waals surface area contributed by atoms with Crippen LogP contribution in [0.25, 0.3) is 0 Å². The topological polar surface area (TPSA) is 62.0 Å². The van der Waals surface area contributed by atoms with Crippen molar-refractivity contribution in [2.45, 2.75) is 27.3 Å². The third kappa shape index (κ3) is 3.15. The summed E-state index contributed by atoms with van der Waals surface area (Å²) in [5.41, 5.74) is 4.36. The summed E-state index contributed by atoms with van der Waals surface area (Å²) in [7, 11) is 0. The number of hydrogen-bond donors (Lipinski definition) is 2. The molecule has 0 aliphatic heterocycles. The van der Waals surface area contributed by atoms with Gasteiger partial charge in [0.15, 0.2) is 5.78 Å². The van der Waals surface area contributed by atoms with Gasteiger partial charge in [0.05, 0.1) is 0 Å². The highest BCUT2D eigenvalue weighted by molar-refractivity contribution is 5.99. The van der Waals surface area contributed by atoms with Crippen molar-refractivity contribution in [1.29, 1.82) is 0 Å². The highest BCUT2D eigenvalue weighted by Crippen LogP contribution is 2.11. The molecule has 2 rings (SSSR count). The predicted molar refractivity (Wildman–Crippen MR) is 77.9 cm³/mol. The monoisotopic (exact) mass is 270 g/mol. The third-order valence-electron chi connectivity index (χ3n) is 3.27. The van der Waals surface area contributed by atoms with E-state index in [1.807, 2.05) is 26.0 Å². The number of rotatable bonds is 4. The molecule has 0 aliphatic carbocycles. The molecule has 0 atom stereocenters. The third-order valence-corrected chi connectivity index (χ3v) is 3.27. The number of nitrogens with one attached hydrogen (secondary N) is 2.